The summed E-state index contributed by atoms with van der Waals surface area (Å²) in [4.78, 5) is 20.2. The predicted molar refractivity (Wildman–Crippen MR) is 100 cm³/mol. The summed E-state index contributed by atoms with van der Waals surface area (Å²) in [5.74, 6) is -0.449. The van der Waals surface area contributed by atoms with Crippen molar-refractivity contribution in [3.63, 3.8) is 0 Å². The van der Waals surface area contributed by atoms with Crippen LogP contribution in [0.25, 0.3) is 0 Å². The van der Waals surface area contributed by atoms with E-state index in [0.717, 1.165) is 24.3 Å². The van der Waals surface area contributed by atoms with Gasteiger partial charge < -0.3 is 14.4 Å². The van der Waals surface area contributed by atoms with Gasteiger partial charge in [0.25, 0.3) is 0 Å². The van der Waals surface area contributed by atoms with Gasteiger partial charge in [-0.1, -0.05) is 18.5 Å². The van der Waals surface area contributed by atoms with Crippen LogP contribution in [-0.2, 0) is 10.7 Å². The molecule has 0 aliphatic carbocycles. The molecule has 1 atom stereocenters. The number of ether oxygens (including phenoxy) is 2. The maximum atomic E-state index is 12.7. The van der Waals surface area contributed by atoms with Crippen LogP contribution in [0, 0.1) is 10.1 Å². The van der Waals surface area contributed by atoms with Crippen LogP contribution in [0.1, 0.15) is 18.9 Å². The van der Waals surface area contributed by atoms with Crippen LogP contribution in [0.5, 0.6) is 17.2 Å². The van der Waals surface area contributed by atoms with Gasteiger partial charge in [-0.2, -0.15) is 13.2 Å². The van der Waals surface area contributed by atoms with Crippen molar-refractivity contribution in [2.24, 2.45) is 0 Å². The molecule has 2 aromatic rings. The lowest BCUT2D eigenvalue weighted by atomic mass is 10.2. The van der Waals surface area contributed by atoms with Crippen molar-refractivity contribution in [3.05, 3.63) is 57.1 Å². The Morgan fingerprint density at radius 1 is 1.21 bits per heavy atom. The molecule has 0 aliphatic rings. The topological polar surface area (TPSA) is 98.9 Å². The summed E-state index contributed by atoms with van der Waals surface area (Å²) >= 11 is 5.83. The lowest BCUT2D eigenvalue weighted by molar-refractivity contribution is -0.385. The van der Waals surface area contributed by atoms with E-state index in [0.29, 0.717) is 12.5 Å². The zero-order valence-electron chi connectivity index (χ0n) is 15.0. The Kier molecular flexibility index (Phi) is 7.15. The van der Waals surface area contributed by atoms with E-state index in [9.17, 15) is 32.7 Å². The standard InChI is InChI=1S/C17H16ClF3NO6P/c1-2-7-29(25,26)10-27-16-9-12(4-5-14(16)22(23)24)28-15-6-3-11(8-13(15)18)17(19,20)21/h3-6,8-9H,2,7,10H2,1H3,(H,25,26). The number of nitro benzene ring substituents is 1. The van der Waals surface area contributed by atoms with Gasteiger partial charge >= 0.3 is 11.9 Å². The smallest absolute Gasteiger partial charge is 0.416 e. The number of hydrogen-bond donors (Lipinski definition) is 1. The second kappa shape index (κ2) is 9.02. The zero-order valence-corrected chi connectivity index (χ0v) is 16.6. The first-order valence-corrected chi connectivity index (χ1v) is 10.6. The molecule has 0 saturated carbocycles. The van der Waals surface area contributed by atoms with Gasteiger partial charge in [-0.15, -0.1) is 0 Å². The number of rotatable bonds is 8. The van der Waals surface area contributed by atoms with Gasteiger partial charge in [0.1, 0.15) is 11.5 Å². The molecular weight excluding hydrogens is 438 g/mol. The molecule has 1 unspecified atom stereocenters. The van der Waals surface area contributed by atoms with Crippen molar-refractivity contribution in [1.82, 2.24) is 0 Å². The Morgan fingerprint density at radius 2 is 1.90 bits per heavy atom. The van der Waals surface area contributed by atoms with E-state index in [-0.39, 0.29) is 28.4 Å². The third kappa shape index (κ3) is 6.35. The first-order valence-electron chi connectivity index (χ1n) is 8.19. The van der Waals surface area contributed by atoms with Crippen LogP contribution in [0.4, 0.5) is 18.9 Å². The highest BCUT2D eigenvalue weighted by Gasteiger charge is 2.31. The van der Waals surface area contributed by atoms with Gasteiger partial charge in [0, 0.05) is 18.3 Å². The molecule has 12 heteroatoms. The Hall–Kier alpha value is -2.29. The highest BCUT2D eigenvalue weighted by molar-refractivity contribution is 7.57. The van der Waals surface area contributed by atoms with Crippen molar-refractivity contribution in [2.75, 3.05) is 12.5 Å². The fraction of sp³-hybridized carbons (Fsp3) is 0.294. The summed E-state index contributed by atoms with van der Waals surface area (Å²) in [6.45, 7) is 1.70. The van der Waals surface area contributed by atoms with Crippen LogP contribution >= 0.6 is 19.0 Å². The minimum Gasteiger partial charge on any atom is -0.476 e. The Balaban J connectivity index is 2.28. The molecule has 0 aromatic heterocycles. The van der Waals surface area contributed by atoms with E-state index in [2.05, 4.69) is 0 Å². The quantitative estimate of drug-likeness (QED) is 0.295. The second-order valence-corrected chi connectivity index (χ2v) is 8.78. The van der Waals surface area contributed by atoms with Crippen molar-refractivity contribution in [1.29, 1.82) is 0 Å². The first kappa shape index (κ1) is 23.0. The number of alkyl halides is 3. The summed E-state index contributed by atoms with van der Waals surface area (Å²) in [7, 11) is -3.63. The number of halogens is 4. The third-order valence-electron chi connectivity index (χ3n) is 3.61. The Labute approximate surface area is 168 Å². The maximum Gasteiger partial charge on any atom is 0.416 e. The van der Waals surface area contributed by atoms with Crippen molar-refractivity contribution in [3.8, 4) is 17.2 Å². The fourth-order valence-corrected chi connectivity index (χ4v) is 3.68. The van der Waals surface area contributed by atoms with Crippen LogP contribution in [0.3, 0.4) is 0 Å². The summed E-state index contributed by atoms with van der Waals surface area (Å²) in [5.41, 5.74) is -1.43. The van der Waals surface area contributed by atoms with E-state index < -0.39 is 36.1 Å². The van der Waals surface area contributed by atoms with Crippen molar-refractivity contribution in [2.45, 2.75) is 19.5 Å². The minimum atomic E-state index is -4.58. The lowest BCUT2D eigenvalue weighted by Gasteiger charge is -2.14. The van der Waals surface area contributed by atoms with E-state index in [1.165, 1.54) is 6.07 Å². The summed E-state index contributed by atoms with van der Waals surface area (Å²) in [6, 6.07) is 5.81. The van der Waals surface area contributed by atoms with Crippen molar-refractivity contribution >= 4 is 24.7 Å². The maximum absolute atomic E-state index is 12.7. The molecule has 158 valence electrons. The highest BCUT2D eigenvalue weighted by Crippen LogP contribution is 2.43. The minimum absolute atomic E-state index is 0.0157. The number of nitrogens with zero attached hydrogens (tertiary/aromatic N) is 1. The molecule has 0 bridgehead atoms. The number of hydrogen-bond acceptors (Lipinski definition) is 5. The molecule has 0 spiro atoms. The molecule has 2 rings (SSSR count). The van der Waals surface area contributed by atoms with Gasteiger partial charge in [0.05, 0.1) is 15.5 Å². The van der Waals surface area contributed by atoms with E-state index in [1.807, 2.05) is 0 Å². The average molecular weight is 454 g/mol. The highest BCUT2D eigenvalue weighted by atomic mass is 35.5. The van der Waals surface area contributed by atoms with E-state index in [4.69, 9.17) is 21.1 Å². The molecule has 29 heavy (non-hydrogen) atoms. The van der Waals surface area contributed by atoms with E-state index in [1.54, 1.807) is 6.92 Å². The van der Waals surface area contributed by atoms with Gasteiger partial charge in [-0.25, -0.2) is 0 Å². The van der Waals surface area contributed by atoms with Gasteiger partial charge in [0.15, 0.2) is 6.35 Å². The molecule has 0 fully saturated rings. The number of nitro groups is 1. The van der Waals surface area contributed by atoms with Gasteiger partial charge in [-0.3, -0.25) is 14.7 Å². The number of benzene rings is 2. The Bertz CT molecular complexity index is 953. The third-order valence-corrected chi connectivity index (χ3v) is 5.58. The molecule has 2 aromatic carbocycles. The molecule has 0 amide bonds. The lowest BCUT2D eigenvalue weighted by Crippen LogP contribution is -2.05. The fourth-order valence-electron chi connectivity index (χ4n) is 2.30. The predicted octanol–water partition coefficient (Wildman–Crippen LogP) is 6.08. The molecule has 0 aliphatic heterocycles. The average Bonchev–Trinajstić information content (AvgIpc) is 2.61. The zero-order chi connectivity index (χ0) is 21.8. The van der Waals surface area contributed by atoms with Gasteiger partial charge in [-0.05, 0) is 30.7 Å². The van der Waals surface area contributed by atoms with Crippen LogP contribution < -0.4 is 9.47 Å². The first-order chi connectivity index (χ1) is 13.4. The van der Waals surface area contributed by atoms with Gasteiger partial charge in [0.2, 0.25) is 13.1 Å². The molecule has 0 radical (unpaired) electrons. The molecule has 0 saturated heterocycles. The molecule has 7 nitrogen and oxygen atoms in total. The molecule has 1 N–H and O–H groups in total. The summed E-state index contributed by atoms with van der Waals surface area (Å²) in [5, 5.41) is 10.8. The van der Waals surface area contributed by atoms with Crippen LogP contribution in [0.15, 0.2) is 36.4 Å². The second-order valence-electron chi connectivity index (χ2n) is 5.98. The Morgan fingerprint density at radius 3 is 2.45 bits per heavy atom. The van der Waals surface area contributed by atoms with Crippen LogP contribution in [0.2, 0.25) is 5.02 Å². The van der Waals surface area contributed by atoms with Crippen LogP contribution in [-0.4, -0.2) is 22.3 Å². The molecule has 0 heterocycles. The van der Waals surface area contributed by atoms with E-state index >= 15 is 0 Å². The monoisotopic (exact) mass is 453 g/mol. The summed E-state index contributed by atoms with van der Waals surface area (Å²) in [6.07, 6.45) is -4.80. The van der Waals surface area contributed by atoms with Crippen molar-refractivity contribution < 1.29 is 37.0 Å². The SMILES string of the molecule is CCCP(=O)(O)COc1cc(Oc2ccc(C(F)(F)F)cc2Cl)ccc1[N+](=O)[O-]. The summed E-state index contributed by atoms with van der Waals surface area (Å²) < 4.78 is 60.6. The largest absolute Gasteiger partial charge is 0.476 e. The normalized spacial score (nSPS) is 13.6. The molecular formula is C17H16ClF3NO6P.